The Morgan fingerprint density at radius 2 is 1.81 bits per heavy atom. The van der Waals surface area contributed by atoms with Crippen molar-refractivity contribution in [1.82, 2.24) is 0 Å². The van der Waals surface area contributed by atoms with Crippen molar-refractivity contribution in [2.75, 3.05) is 23.3 Å². The third kappa shape index (κ3) is 3.21. The van der Waals surface area contributed by atoms with Crippen LogP contribution in [0.4, 0.5) is 15.8 Å². The van der Waals surface area contributed by atoms with E-state index in [1.165, 1.54) is 30.2 Å². The first kappa shape index (κ1) is 14.4. The molecule has 0 unspecified atom stereocenters. The molecule has 0 atom stereocenters. The van der Waals surface area contributed by atoms with Crippen LogP contribution in [-0.2, 0) is 6.54 Å². The predicted octanol–water partition coefficient (Wildman–Crippen LogP) is 4.80. The molecule has 0 radical (unpaired) electrons. The molecule has 1 N–H and O–H groups in total. The van der Waals surface area contributed by atoms with E-state index in [0.717, 1.165) is 17.6 Å². The van der Waals surface area contributed by atoms with Crippen LogP contribution in [0.15, 0.2) is 46.9 Å². The minimum atomic E-state index is -0.233. The van der Waals surface area contributed by atoms with Crippen LogP contribution in [0.2, 0.25) is 0 Å². The number of rotatable bonds is 4. The first-order valence-electron chi connectivity index (χ1n) is 7.26. The lowest BCUT2D eigenvalue weighted by atomic mass is 10.1. The normalized spacial score (nSPS) is 14.5. The Morgan fingerprint density at radius 3 is 2.57 bits per heavy atom. The summed E-state index contributed by atoms with van der Waals surface area (Å²) in [6, 6.07) is 13.4. The number of nitrogens with zero attached hydrogens (tertiary/aromatic N) is 1. The van der Waals surface area contributed by atoms with Gasteiger partial charge in [0.25, 0.3) is 0 Å². The molecule has 110 valence electrons. The van der Waals surface area contributed by atoms with Gasteiger partial charge in [0.05, 0.1) is 5.69 Å². The summed E-state index contributed by atoms with van der Waals surface area (Å²) in [6.07, 6.45) is 2.50. The van der Waals surface area contributed by atoms with Crippen molar-refractivity contribution in [1.29, 1.82) is 0 Å². The monoisotopic (exact) mass is 348 g/mol. The zero-order chi connectivity index (χ0) is 14.7. The van der Waals surface area contributed by atoms with Crippen molar-refractivity contribution in [3.05, 3.63) is 58.3 Å². The van der Waals surface area contributed by atoms with E-state index in [1.54, 1.807) is 6.07 Å². The second kappa shape index (κ2) is 6.48. The average molecular weight is 349 g/mol. The van der Waals surface area contributed by atoms with Crippen molar-refractivity contribution in [2.45, 2.75) is 19.4 Å². The Labute approximate surface area is 133 Å². The molecule has 21 heavy (non-hydrogen) atoms. The van der Waals surface area contributed by atoms with Gasteiger partial charge in [-0.05, 0) is 52.5 Å². The minimum Gasteiger partial charge on any atom is -0.378 e. The Kier molecular flexibility index (Phi) is 4.44. The fraction of sp³-hybridized carbons (Fsp3) is 0.294. The minimum absolute atomic E-state index is 0.233. The highest BCUT2D eigenvalue weighted by atomic mass is 79.9. The number of hydrogen-bond donors (Lipinski definition) is 1. The summed E-state index contributed by atoms with van der Waals surface area (Å²) < 4.78 is 14.6. The SMILES string of the molecule is Fc1cccc(Br)c1NCc1ccccc1N1CCCC1. The largest absolute Gasteiger partial charge is 0.378 e. The van der Waals surface area contributed by atoms with E-state index in [-0.39, 0.29) is 5.82 Å². The first-order valence-corrected chi connectivity index (χ1v) is 8.06. The van der Waals surface area contributed by atoms with Gasteiger partial charge in [0.2, 0.25) is 0 Å². The molecule has 1 saturated heterocycles. The molecule has 1 heterocycles. The van der Waals surface area contributed by atoms with Crippen LogP contribution in [0.3, 0.4) is 0 Å². The molecule has 2 nitrogen and oxygen atoms in total. The van der Waals surface area contributed by atoms with E-state index >= 15 is 0 Å². The van der Waals surface area contributed by atoms with Crippen LogP contribution in [0.5, 0.6) is 0 Å². The van der Waals surface area contributed by atoms with E-state index in [9.17, 15) is 4.39 Å². The van der Waals surface area contributed by atoms with Crippen LogP contribution in [-0.4, -0.2) is 13.1 Å². The van der Waals surface area contributed by atoms with Crippen molar-refractivity contribution >= 4 is 27.3 Å². The van der Waals surface area contributed by atoms with Crippen LogP contribution in [0.25, 0.3) is 0 Å². The summed E-state index contributed by atoms with van der Waals surface area (Å²) >= 11 is 3.39. The standard InChI is InChI=1S/C17H18BrFN2/c18-14-7-5-8-15(19)17(14)20-12-13-6-1-2-9-16(13)21-10-3-4-11-21/h1-2,5-9,20H,3-4,10-12H2. The van der Waals surface area contributed by atoms with Gasteiger partial charge in [-0.25, -0.2) is 4.39 Å². The van der Waals surface area contributed by atoms with Crippen LogP contribution in [0.1, 0.15) is 18.4 Å². The third-order valence-corrected chi connectivity index (χ3v) is 4.52. The van der Waals surface area contributed by atoms with Crippen LogP contribution >= 0.6 is 15.9 Å². The molecule has 0 bridgehead atoms. The number of nitrogens with one attached hydrogen (secondary N) is 1. The van der Waals surface area contributed by atoms with Crippen molar-refractivity contribution in [3.8, 4) is 0 Å². The molecule has 0 saturated carbocycles. The Morgan fingerprint density at radius 1 is 1.05 bits per heavy atom. The molecule has 4 heteroatoms. The van der Waals surface area contributed by atoms with Gasteiger partial charge >= 0.3 is 0 Å². The van der Waals surface area contributed by atoms with Gasteiger partial charge < -0.3 is 10.2 Å². The van der Waals surface area contributed by atoms with Crippen molar-refractivity contribution < 1.29 is 4.39 Å². The van der Waals surface area contributed by atoms with Crippen LogP contribution in [0, 0.1) is 5.82 Å². The Hall–Kier alpha value is -1.55. The molecule has 0 aromatic heterocycles. The number of para-hydroxylation sites is 2. The van der Waals surface area contributed by atoms with E-state index in [4.69, 9.17) is 0 Å². The zero-order valence-corrected chi connectivity index (χ0v) is 13.4. The van der Waals surface area contributed by atoms with Gasteiger partial charge in [0.15, 0.2) is 0 Å². The van der Waals surface area contributed by atoms with Gasteiger partial charge in [-0.1, -0.05) is 24.3 Å². The number of anilines is 2. The lowest BCUT2D eigenvalue weighted by Crippen LogP contribution is -2.20. The summed E-state index contributed by atoms with van der Waals surface area (Å²) in [4.78, 5) is 2.41. The van der Waals surface area contributed by atoms with Crippen molar-refractivity contribution in [3.63, 3.8) is 0 Å². The highest BCUT2D eigenvalue weighted by Gasteiger charge is 2.15. The predicted molar refractivity (Wildman–Crippen MR) is 89.3 cm³/mol. The molecule has 2 aromatic carbocycles. The molecule has 0 aliphatic carbocycles. The van der Waals surface area contributed by atoms with Gasteiger partial charge in [-0.15, -0.1) is 0 Å². The highest BCUT2D eigenvalue weighted by Crippen LogP contribution is 2.28. The van der Waals surface area contributed by atoms with E-state index in [0.29, 0.717) is 12.2 Å². The molecule has 0 spiro atoms. The molecule has 1 fully saturated rings. The Bertz CT molecular complexity index is 604. The molecule has 1 aliphatic heterocycles. The molecule has 2 aromatic rings. The lowest BCUT2D eigenvalue weighted by Gasteiger charge is -2.22. The van der Waals surface area contributed by atoms with E-state index in [1.807, 2.05) is 12.1 Å². The highest BCUT2D eigenvalue weighted by molar-refractivity contribution is 9.10. The quantitative estimate of drug-likeness (QED) is 0.853. The smallest absolute Gasteiger partial charge is 0.147 e. The summed E-state index contributed by atoms with van der Waals surface area (Å²) in [5.41, 5.74) is 2.98. The van der Waals surface area contributed by atoms with Crippen molar-refractivity contribution in [2.24, 2.45) is 0 Å². The maximum absolute atomic E-state index is 13.9. The fourth-order valence-corrected chi connectivity index (χ4v) is 3.26. The molecule has 3 rings (SSSR count). The average Bonchev–Trinajstić information content (AvgIpc) is 3.01. The van der Waals surface area contributed by atoms with Gasteiger partial charge in [0.1, 0.15) is 5.82 Å². The number of benzene rings is 2. The van der Waals surface area contributed by atoms with E-state index in [2.05, 4.69) is 44.3 Å². The first-order chi connectivity index (χ1) is 10.3. The van der Waals surface area contributed by atoms with Crippen LogP contribution < -0.4 is 10.2 Å². The van der Waals surface area contributed by atoms with Gasteiger partial charge in [0, 0.05) is 29.8 Å². The summed E-state index contributed by atoms with van der Waals surface area (Å²) in [7, 11) is 0. The molecular weight excluding hydrogens is 331 g/mol. The second-order valence-electron chi connectivity index (χ2n) is 5.27. The number of hydrogen-bond acceptors (Lipinski definition) is 2. The van der Waals surface area contributed by atoms with Gasteiger partial charge in [-0.3, -0.25) is 0 Å². The Balaban J connectivity index is 1.79. The maximum atomic E-state index is 13.9. The molecular formula is C17H18BrFN2. The zero-order valence-electron chi connectivity index (χ0n) is 11.8. The summed E-state index contributed by atoms with van der Waals surface area (Å²) in [5, 5.41) is 3.21. The molecule has 1 aliphatic rings. The summed E-state index contributed by atoms with van der Waals surface area (Å²) in [6.45, 7) is 2.84. The topological polar surface area (TPSA) is 15.3 Å². The maximum Gasteiger partial charge on any atom is 0.147 e. The third-order valence-electron chi connectivity index (χ3n) is 3.86. The van der Waals surface area contributed by atoms with Gasteiger partial charge in [-0.2, -0.15) is 0 Å². The fourth-order valence-electron chi connectivity index (χ4n) is 2.78. The summed E-state index contributed by atoms with van der Waals surface area (Å²) in [5.74, 6) is -0.233. The second-order valence-corrected chi connectivity index (χ2v) is 6.13. The van der Waals surface area contributed by atoms with E-state index < -0.39 is 0 Å². The molecule has 0 amide bonds. The lowest BCUT2D eigenvalue weighted by molar-refractivity contribution is 0.629. The number of halogens is 2.